The quantitative estimate of drug-likeness (QED) is 0.229. The molecule has 0 aliphatic carbocycles. The third-order valence-corrected chi connectivity index (χ3v) is 3.38. The average Bonchev–Trinajstić information content (AvgIpc) is 2.44. The summed E-state index contributed by atoms with van der Waals surface area (Å²) in [6, 6.07) is 0. The van der Waals surface area contributed by atoms with E-state index < -0.39 is 60.4 Å². The molecule has 0 rings (SSSR count). The molecule has 136 valence electrons. The van der Waals surface area contributed by atoms with Crippen molar-refractivity contribution in [1.29, 1.82) is 0 Å². The topological polar surface area (TPSA) is 190 Å². The fraction of sp³-hybridized carbons (Fsp3) is 0.643. The molecule has 0 saturated carbocycles. The predicted molar refractivity (Wildman–Crippen MR) is 67.6 cm³/mol. The molecule has 0 aliphatic rings. The van der Waals surface area contributed by atoms with Gasteiger partial charge in [0.25, 0.3) is 0 Å². The van der Waals surface area contributed by atoms with Crippen LogP contribution in [0.2, 0.25) is 0 Å². The van der Waals surface area contributed by atoms with Gasteiger partial charge in [-0.1, -0.05) is 13.3 Å². The van der Waals surface area contributed by atoms with E-state index >= 15 is 0 Å². The molecule has 0 fully saturated rings. The van der Waals surface area contributed by atoms with Crippen LogP contribution in [0.3, 0.4) is 0 Å². The molecule has 1 unspecified atom stereocenters. The van der Waals surface area contributed by atoms with Crippen LogP contribution in [0.5, 0.6) is 0 Å². The molecule has 1 N–H and O–H groups in total. The van der Waals surface area contributed by atoms with Crippen LogP contribution in [0, 0.1) is 17.8 Å². The number of rotatable bonds is 12. The van der Waals surface area contributed by atoms with Gasteiger partial charge in [0.05, 0.1) is 5.92 Å². The van der Waals surface area contributed by atoms with Crippen LogP contribution in [-0.2, 0) is 24.0 Å². The second-order valence-electron chi connectivity index (χ2n) is 5.17. The zero-order chi connectivity index (χ0) is 18.9. The minimum absolute atomic E-state index is 0. The number of carboxylic acid groups (broad SMARTS) is 4. The molecule has 0 aromatic carbocycles. The average molecular weight is 435 g/mol. The first-order chi connectivity index (χ1) is 11.1. The maximum atomic E-state index is 12.2. The summed E-state index contributed by atoms with van der Waals surface area (Å²) in [7, 11) is 0. The molecule has 0 spiro atoms. The van der Waals surface area contributed by atoms with Gasteiger partial charge >= 0.3 is 118 Å². The molecule has 14 heteroatoms. The summed E-state index contributed by atoms with van der Waals surface area (Å²) in [5.41, 5.74) is 0. The molecule has 0 heterocycles. The number of amides is 1. The van der Waals surface area contributed by atoms with Crippen molar-refractivity contribution in [1.82, 2.24) is 5.32 Å². The van der Waals surface area contributed by atoms with Gasteiger partial charge in [-0.3, -0.25) is 4.79 Å². The molecule has 0 aromatic heterocycles. The first kappa shape index (κ1) is 39.8. The zero-order valence-electron chi connectivity index (χ0n) is 16.9. The van der Waals surface area contributed by atoms with E-state index in [-0.39, 0.29) is 125 Å². The van der Waals surface area contributed by atoms with Crippen LogP contribution >= 0.6 is 0 Å². The van der Waals surface area contributed by atoms with Crippen LogP contribution in [-0.4, -0.2) is 36.3 Å². The molecule has 3 atom stereocenters. The molecule has 0 bridgehead atoms. The summed E-state index contributed by atoms with van der Waals surface area (Å²) in [6.07, 6.45) is -1.28. The second kappa shape index (κ2) is 21.6. The first-order valence-electron chi connectivity index (χ1n) is 7.20. The van der Waals surface area contributed by atoms with Gasteiger partial charge in [0.15, 0.2) is 0 Å². The number of carboxylic acids is 4. The number of hydrogen-bond donors (Lipinski definition) is 1. The molecule has 1 amide bonds. The van der Waals surface area contributed by atoms with Crippen LogP contribution in [0.1, 0.15) is 32.6 Å². The Hall–Kier alpha value is 1.35. The normalized spacial score (nSPS) is 12.2. The molecular weight excluding hydrogens is 418 g/mol. The van der Waals surface area contributed by atoms with Gasteiger partial charge < -0.3 is 44.9 Å². The Bertz CT molecular complexity index is 485. The Morgan fingerprint density at radius 3 is 1.36 bits per heavy atom. The SMILES string of the molecule is CCCCNC(=O)C([C@H](CC(=O)[O-])C(=O)[O-])[C@@H](CC(=O)[O-])C(=O)[O-].[Na+].[Na+].[Na+].[Na+]. The Morgan fingerprint density at radius 1 is 0.750 bits per heavy atom. The molecule has 0 aliphatic heterocycles. The number of unbranched alkanes of at least 4 members (excludes halogenated alkanes) is 1. The summed E-state index contributed by atoms with van der Waals surface area (Å²) in [5, 5.41) is 46.0. The minimum atomic E-state index is -2.10. The van der Waals surface area contributed by atoms with Crippen molar-refractivity contribution >= 4 is 29.8 Å². The van der Waals surface area contributed by atoms with E-state index in [1.807, 2.05) is 0 Å². The van der Waals surface area contributed by atoms with Crippen molar-refractivity contribution in [3.05, 3.63) is 0 Å². The van der Waals surface area contributed by atoms with E-state index in [9.17, 15) is 44.4 Å². The summed E-state index contributed by atoms with van der Waals surface area (Å²) in [6.45, 7) is 1.87. The maximum Gasteiger partial charge on any atom is 1.00 e. The summed E-state index contributed by atoms with van der Waals surface area (Å²) in [4.78, 5) is 55.9. The minimum Gasteiger partial charge on any atom is -0.550 e. The zero-order valence-corrected chi connectivity index (χ0v) is 24.9. The predicted octanol–water partition coefficient (Wildman–Crippen LogP) is -17.5. The third-order valence-electron chi connectivity index (χ3n) is 3.38. The Morgan fingerprint density at radius 2 is 1.11 bits per heavy atom. The van der Waals surface area contributed by atoms with Crippen molar-refractivity contribution in [2.24, 2.45) is 17.8 Å². The van der Waals surface area contributed by atoms with Crippen LogP contribution in [0.25, 0.3) is 0 Å². The van der Waals surface area contributed by atoms with Crippen LogP contribution in [0.4, 0.5) is 0 Å². The third kappa shape index (κ3) is 16.1. The van der Waals surface area contributed by atoms with E-state index in [1.54, 1.807) is 6.92 Å². The fourth-order valence-electron chi connectivity index (χ4n) is 2.23. The van der Waals surface area contributed by atoms with E-state index in [1.165, 1.54) is 0 Å². The van der Waals surface area contributed by atoms with Gasteiger partial charge in [-0.15, -0.1) is 0 Å². The van der Waals surface area contributed by atoms with E-state index in [2.05, 4.69) is 5.32 Å². The van der Waals surface area contributed by atoms with Gasteiger partial charge in [0, 0.05) is 42.3 Å². The first-order valence-corrected chi connectivity index (χ1v) is 7.20. The number of carbonyl (C=O) groups excluding carboxylic acids is 5. The summed E-state index contributed by atoms with van der Waals surface area (Å²) < 4.78 is 0. The van der Waals surface area contributed by atoms with Crippen molar-refractivity contribution in [3.63, 3.8) is 0 Å². The van der Waals surface area contributed by atoms with E-state index in [0.717, 1.165) is 0 Å². The van der Waals surface area contributed by atoms with Gasteiger partial charge in [0.1, 0.15) is 0 Å². The summed E-state index contributed by atoms with van der Waals surface area (Å²) >= 11 is 0. The number of aliphatic carboxylic acids is 4. The molecule has 0 aromatic rings. The van der Waals surface area contributed by atoms with E-state index in [0.29, 0.717) is 12.8 Å². The van der Waals surface area contributed by atoms with E-state index in [4.69, 9.17) is 0 Å². The van der Waals surface area contributed by atoms with Gasteiger partial charge in [-0.25, -0.2) is 0 Å². The van der Waals surface area contributed by atoms with Crippen molar-refractivity contribution < 1.29 is 163 Å². The fourth-order valence-corrected chi connectivity index (χ4v) is 2.23. The molecule has 28 heavy (non-hydrogen) atoms. The largest absolute Gasteiger partial charge is 1.00 e. The van der Waals surface area contributed by atoms with Crippen molar-refractivity contribution in [2.75, 3.05) is 6.54 Å². The monoisotopic (exact) mass is 435 g/mol. The van der Waals surface area contributed by atoms with Gasteiger partial charge in [0.2, 0.25) is 5.91 Å². The van der Waals surface area contributed by atoms with Gasteiger partial charge in [-0.05, 0) is 19.3 Å². The van der Waals surface area contributed by atoms with Crippen molar-refractivity contribution in [2.45, 2.75) is 32.6 Å². The molecule has 0 saturated heterocycles. The number of hydrogen-bond acceptors (Lipinski definition) is 9. The smallest absolute Gasteiger partial charge is 0.550 e. The van der Waals surface area contributed by atoms with Crippen molar-refractivity contribution in [3.8, 4) is 0 Å². The summed E-state index contributed by atoms with van der Waals surface area (Å²) in [5.74, 6) is -15.1. The van der Waals surface area contributed by atoms with Crippen LogP contribution in [0.15, 0.2) is 0 Å². The molecule has 10 nitrogen and oxygen atoms in total. The Balaban J connectivity index is -0.000000441. The molecule has 0 radical (unpaired) electrons. The Kier molecular flexibility index (Phi) is 30.7. The standard InChI is InChI=1S/C14H21NO9.4Na/c1-2-3-4-15-12(20)11(7(13(21)22)5-9(16)17)8(14(23)24)6-10(18)19;;;;/h7-8,11H,2-6H2,1H3,(H,15,20)(H,16,17)(H,18,19)(H,21,22)(H,23,24);;;;/q;4*+1/p-4/t7-,8+,11?;;;;. The number of carbonyl (C=O) groups is 5. The number of nitrogens with one attached hydrogen (secondary N) is 1. The van der Waals surface area contributed by atoms with Crippen LogP contribution < -0.4 is 144 Å². The molecular formula is C14H17NNa4O9. The van der Waals surface area contributed by atoms with Gasteiger partial charge in [-0.2, -0.15) is 0 Å². The maximum absolute atomic E-state index is 12.2. The second-order valence-corrected chi connectivity index (χ2v) is 5.17. The Labute approximate surface area is 251 Å².